The molecule has 3 rings (SSSR count). The largest absolute Gasteiger partial charge is 0.366 e. The maximum Gasteiger partial charge on any atom is 0.156 e. The summed E-state index contributed by atoms with van der Waals surface area (Å²) in [5.74, 6) is 0.296. The average Bonchev–Trinajstić information content (AvgIpc) is 2.72. The van der Waals surface area contributed by atoms with Gasteiger partial charge in [0.2, 0.25) is 0 Å². The van der Waals surface area contributed by atoms with Crippen LogP contribution in [0.2, 0.25) is 5.02 Å². The summed E-state index contributed by atoms with van der Waals surface area (Å²) in [4.78, 5) is 2.16. The number of hydrogen-bond acceptors (Lipinski definition) is 3. The van der Waals surface area contributed by atoms with E-state index in [4.69, 9.17) is 11.6 Å². The van der Waals surface area contributed by atoms with E-state index < -0.39 is 9.84 Å². The predicted molar refractivity (Wildman–Crippen MR) is 64.8 cm³/mol. The predicted octanol–water partition coefficient (Wildman–Crippen LogP) is 1.72. The SMILES string of the molecule is O=S1(=O)CC2CC1CN2c1cccc(Cl)c1. The van der Waals surface area contributed by atoms with Crippen molar-refractivity contribution in [2.24, 2.45) is 0 Å². The molecular weight excluding hydrogens is 246 g/mol. The quantitative estimate of drug-likeness (QED) is 0.769. The Morgan fingerprint density at radius 2 is 2.19 bits per heavy atom. The van der Waals surface area contributed by atoms with E-state index in [1.807, 2.05) is 24.3 Å². The van der Waals surface area contributed by atoms with Crippen LogP contribution in [0.5, 0.6) is 0 Å². The van der Waals surface area contributed by atoms with Crippen LogP contribution in [0, 0.1) is 0 Å². The highest BCUT2D eigenvalue weighted by Gasteiger charge is 2.48. The first-order chi connectivity index (χ1) is 7.56. The maximum atomic E-state index is 11.6. The second kappa shape index (κ2) is 3.37. The fourth-order valence-corrected chi connectivity index (χ4v) is 4.88. The van der Waals surface area contributed by atoms with Gasteiger partial charge in [0.05, 0.1) is 11.0 Å². The van der Waals surface area contributed by atoms with Crippen LogP contribution < -0.4 is 4.90 Å². The van der Waals surface area contributed by atoms with Crippen LogP contribution >= 0.6 is 11.6 Å². The molecule has 0 aliphatic carbocycles. The highest BCUT2D eigenvalue weighted by atomic mass is 35.5. The van der Waals surface area contributed by atoms with Crippen molar-refractivity contribution in [1.82, 2.24) is 0 Å². The topological polar surface area (TPSA) is 37.4 Å². The lowest BCUT2D eigenvalue weighted by Gasteiger charge is -2.29. The van der Waals surface area contributed by atoms with Gasteiger partial charge in [-0.05, 0) is 24.6 Å². The van der Waals surface area contributed by atoms with Gasteiger partial charge >= 0.3 is 0 Å². The van der Waals surface area contributed by atoms with Crippen LogP contribution in [0.25, 0.3) is 0 Å². The third-order valence-corrected chi connectivity index (χ3v) is 5.89. The Morgan fingerprint density at radius 1 is 1.38 bits per heavy atom. The van der Waals surface area contributed by atoms with E-state index in [0.29, 0.717) is 17.3 Å². The van der Waals surface area contributed by atoms with Crippen molar-refractivity contribution in [1.29, 1.82) is 0 Å². The monoisotopic (exact) mass is 257 g/mol. The molecule has 3 nitrogen and oxygen atoms in total. The lowest BCUT2D eigenvalue weighted by molar-refractivity contribution is 0.585. The van der Waals surface area contributed by atoms with Crippen LogP contribution in [0.15, 0.2) is 24.3 Å². The summed E-state index contributed by atoms with van der Waals surface area (Å²) in [6.07, 6.45) is 0.773. The van der Waals surface area contributed by atoms with Crippen LogP contribution in [-0.2, 0) is 9.84 Å². The summed E-state index contributed by atoms with van der Waals surface area (Å²) in [7, 11) is -2.81. The molecule has 2 heterocycles. The molecule has 0 amide bonds. The Labute approximate surface area is 99.9 Å². The van der Waals surface area contributed by atoms with E-state index in [9.17, 15) is 8.42 Å². The summed E-state index contributed by atoms with van der Waals surface area (Å²) in [6, 6.07) is 7.76. The summed E-state index contributed by atoms with van der Waals surface area (Å²) in [5.41, 5.74) is 1.04. The molecule has 2 atom stereocenters. The third kappa shape index (κ3) is 1.52. The molecule has 0 aromatic heterocycles. The molecule has 16 heavy (non-hydrogen) atoms. The molecule has 2 aliphatic heterocycles. The number of fused-ring (bicyclic) bond motifs is 2. The van der Waals surface area contributed by atoms with Gasteiger partial charge < -0.3 is 4.90 Å². The summed E-state index contributed by atoms with van der Waals surface area (Å²) in [5, 5.41) is 0.527. The molecule has 0 radical (unpaired) electrons. The second-order valence-electron chi connectivity index (χ2n) is 4.47. The van der Waals surface area contributed by atoms with Gasteiger partial charge in [-0.1, -0.05) is 17.7 Å². The van der Waals surface area contributed by atoms with Crippen molar-refractivity contribution in [3.8, 4) is 0 Å². The smallest absolute Gasteiger partial charge is 0.156 e. The van der Waals surface area contributed by atoms with Gasteiger partial charge in [-0.25, -0.2) is 8.42 Å². The van der Waals surface area contributed by atoms with Crippen LogP contribution in [0.1, 0.15) is 6.42 Å². The average molecular weight is 258 g/mol. The van der Waals surface area contributed by atoms with E-state index in [2.05, 4.69) is 4.90 Å². The van der Waals surface area contributed by atoms with E-state index in [-0.39, 0.29) is 11.3 Å². The maximum absolute atomic E-state index is 11.6. The molecule has 0 spiro atoms. The lowest BCUT2D eigenvalue weighted by Crippen LogP contribution is -2.40. The molecule has 2 saturated heterocycles. The van der Waals surface area contributed by atoms with E-state index >= 15 is 0 Å². The molecule has 2 fully saturated rings. The number of hydrogen-bond donors (Lipinski definition) is 0. The first-order valence-electron chi connectivity index (χ1n) is 5.30. The summed E-state index contributed by atoms with van der Waals surface area (Å²) in [6.45, 7) is 0.618. The highest BCUT2D eigenvalue weighted by Crippen LogP contribution is 2.36. The Kier molecular flexibility index (Phi) is 2.20. The Hall–Kier alpha value is -0.740. The molecule has 86 valence electrons. The van der Waals surface area contributed by atoms with Gasteiger partial charge in [-0.15, -0.1) is 0 Å². The number of halogens is 1. The number of rotatable bonds is 1. The molecule has 5 heteroatoms. The molecule has 0 saturated carbocycles. The van der Waals surface area contributed by atoms with Crippen molar-refractivity contribution >= 4 is 27.1 Å². The van der Waals surface area contributed by atoms with Crippen molar-refractivity contribution in [2.75, 3.05) is 17.2 Å². The molecule has 2 bridgehead atoms. The zero-order valence-electron chi connectivity index (χ0n) is 8.64. The van der Waals surface area contributed by atoms with Crippen molar-refractivity contribution < 1.29 is 8.42 Å². The van der Waals surface area contributed by atoms with Crippen molar-refractivity contribution in [3.63, 3.8) is 0 Å². The van der Waals surface area contributed by atoms with Crippen molar-refractivity contribution in [3.05, 3.63) is 29.3 Å². The minimum Gasteiger partial charge on any atom is -0.366 e. The minimum atomic E-state index is -2.81. The van der Waals surface area contributed by atoms with Gasteiger partial charge in [-0.2, -0.15) is 0 Å². The summed E-state index contributed by atoms with van der Waals surface area (Å²) >= 11 is 5.94. The Morgan fingerprint density at radius 3 is 2.75 bits per heavy atom. The van der Waals surface area contributed by atoms with E-state index in [0.717, 1.165) is 12.1 Å². The van der Waals surface area contributed by atoms with E-state index in [1.54, 1.807) is 0 Å². The van der Waals surface area contributed by atoms with Gasteiger partial charge in [0.15, 0.2) is 9.84 Å². The molecule has 1 aromatic carbocycles. The standard InChI is InChI=1S/C11H12ClNO2S/c12-8-2-1-3-9(4-8)13-6-11-5-10(13)7-16(11,14)15/h1-4,10-11H,5-7H2. The third-order valence-electron chi connectivity index (χ3n) is 3.45. The van der Waals surface area contributed by atoms with Gasteiger partial charge in [0.25, 0.3) is 0 Å². The van der Waals surface area contributed by atoms with Gasteiger partial charge in [0, 0.05) is 23.3 Å². The minimum absolute atomic E-state index is 0.147. The Bertz CT molecular complexity index is 529. The van der Waals surface area contributed by atoms with Crippen molar-refractivity contribution in [2.45, 2.75) is 17.7 Å². The lowest BCUT2D eigenvalue weighted by atomic mass is 10.2. The number of anilines is 1. The summed E-state index contributed by atoms with van der Waals surface area (Å²) < 4.78 is 23.2. The molecule has 2 aliphatic rings. The highest BCUT2D eigenvalue weighted by molar-refractivity contribution is 7.92. The normalized spacial score (nSPS) is 30.9. The van der Waals surface area contributed by atoms with Gasteiger partial charge in [0.1, 0.15) is 0 Å². The van der Waals surface area contributed by atoms with E-state index in [1.165, 1.54) is 0 Å². The zero-order valence-corrected chi connectivity index (χ0v) is 10.2. The fourth-order valence-electron chi connectivity index (χ4n) is 2.67. The van der Waals surface area contributed by atoms with Crippen LogP contribution in [-0.4, -0.2) is 32.0 Å². The first kappa shape index (κ1) is 10.4. The number of sulfone groups is 1. The second-order valence-corrected chi connectivity index (χ2v) is 7.24. The molecule has 2 unspecified atom stereocenters. The molecular formula is C11H12ClNO2S. The zero-order chi connectivity index (χ0) is 11.3. The molecule has 0 N–H and O–H groups in total. The Balaban J connectivity index is 1.91. The molecule has 1 aromatic rings. The number of nitrogens with zero attached hydrogens (tertiary/aromatic N) is 1. The van der Waals surface area contributed by atoms with Crippen LogP contribution in [0.4, 0.5) is 5.69 Å². The number of benzene rings is 1. The first-order valence-corrected chi connectivity index (χ1v) is 7.39. The van der Waals surface area contributed by atoms with Crippen LogP contribution in [0.3, 0.4) is 0 Å². The van der Waals surface area contributed by atoms with Gasteiger partial charge in [-0.3, -0.25) is 0 Å². The fraction of sp³-hybridized carbons (Fsp3) is 0.455.